The average molecular weight is 301 g/mol. The average Bonchev–Trinajstić information content (AvgIpc) is 2.88. The molecule has 0 radical (unpaired) electrons. The van der Waals surface area contributed by atoms with Crippen LogP contribution < -0.4 is 5.73 Å². The lowest BCUT2D eigenvalue weighted by Crippen LogP contribution is -2.48. The SMILES string of the molecule is NC1CCN(C2CCN(C3CCCS(=O)(=O)C3)C2)CC1. The quantitative estimate of drug-likeness (QED) is 0.781. The minimum Gasteiger partial charge on any atom is -0.328 e. The van der Waals surface area contributed by atoms with E-state index in [-0.39, 0.29) is 6.04 Å². The molecule has 2 N–H and O–H groups in total. The van der Waals surface area contributed by atoms with Gasteiger partial charge in [-0.1, -0.05) is 0 Å². The lowest BCUT2D eigenvalue weighted by molar-refractivity contribution is 0.144. The smallest absolute Gasteiger partial charge is 0.151 e. The van der Waals surface area contributed by atoms with Gasteiger partial charge in [0.2, 0.25) is 0 Å². The van der Waals surface area contributed by atoms with Crippen LogP contribution in [0.15, 0.2) is 0 Å². The van der Waals surface area contributed by atoms with Crippen molar-refractivity contribution in [1.29, 1.82) is 0 Å². The van der Waals surface area contributed by atoms with Crippen LogP contribution in [0.4, 0.5) is 0 Å². The van der Waals surface area contributed by atoms with Crippen molar-refractivity contribution in [2.24, 2.45) is 5.73 Å². The second-order valence-electron chi connectivity index (χ2n) is 6.72. The maximum atomic E-state index is 11.8. The highest BCUT2D eigenvalue weighted by molar-refractivity contribution is 7.91. The molecule has 0 aromatic carbocycles. The maximum Gasteiger partial charge on any atom is 0.151 e. The van der Waals surface area contributed by atoms with Gasteiger partial charge in [0.05, 0.1) is 11.5 Å². The molecule has 3 heterocycles. The summed E-state index contributed by atoms with van der Waals surface area (Å²) in [7, 11) is -2.79. The van der Waals surface area contributed by atoms with E-state index in [0.717, 1.165) is 51.9 Å². The summed E-state index contributed by atoms with van der Waals surface area (Å²) in [5, 5.41) is 0. The van der Waals surface area contributed by atoms with Gasteiger partial charge in [-0.15, -0.1) is 0 Å². The zero-order chi connectivity index (χ0) is 14.2. The van der Waals surface area contributed by atoms with Gasteiger partial charge in [0.25, 0.3) is 0 Å². The van der Waals surface area contributed by atoms with E-state index in [1.807, 2.05) is 0 Å². The van der Waals surface area contributed by atoms with Crippen molar-refractivity contribution in [2.45, 2.75) is 50.2 Å². The highest BCUT2D eigenvalue weighted by Gasteiger charge is 2.36. The highest BCUT2D eigenvalue weighted by Crippen LogP contribution is 2.25. The van der Waals surface area contributed by atoms with Crippen molar-refractivity contribution in [3.63, 3.8) is 0 Å². The summed E-state index contributed by atoms with van der Waals surface area (Å²) >= 11 is 0. The Kier molecular flexibility index (Phi) is 4.36. The zero-order valence-electron chi connectivity index (χ0n) is 12.2. The van der Waals surface area contributed by atoms with Crippen LogP contribution in [0, 0.1) is 0 Å². The summed E-state index contributed by atoms with van der Waals surface area (Å²) in [6, 6.07) is 1.27. The number of hydrogen-bond acceptors (Lipinski definition) is 5. The first-order chi connectivity index (χ1) is 9.53. The molecule has 5 nitrogen and oxygen atoms in total. The molecule has 0 amide bonds. The fraction of sp³-hybridized carbons (Fsp3) is 1.00. The Bertz CT molecular complexity index is 432. The number of nitrogens with two attached hydrogens (primary N) is 1. The molecule has 20 heavy (non-hydrogen) atoms. The number of nitrogens with zero attached hydrogens (tertiary/aromatic N) is 2. The summed E-state index contributed by atoms with van der Waals surface area (Å²) in [6.07, 6.45) is 5.29. The normalized spacial score (nSPS) is 37.2. The van der Waals surface area contributed by atoms with Gasteiger partial charge in [0.1, 0.15) is 0 Å². The van der Waals surface area contributed by atoms with Crippen molar-refractivity contribution in [3.05, 3.63) is 0 Å². The topological polar surface area (TPSA) is 66.6 Å². The van der Waals surface area contributed by atoms with Gasteiger partial charge in [-0.05, 0) is 45.2 Å². The molecule has 0 bridgehead atoms. The van der Waals surface area contributed by atoms with Gasteiger partial charge in [-0.2, -0.15) is 0 Å². The molecule has 6 heteroatoms. The van der Waals surface area contributed by atoms with Crippen LogP contribution >= 0.6 is 0 Å². The first-order valence-electron chi connectivity index (χ1n) is 7.97. The standard InChI is InChI=1S/C14H27N3O2S/c15-12-3-6-16(7-4-12)13-5-8-17(10-13)14-2-1-9-20(18,19)11-14/h12-14H,1-11,15H2. The van der Waals surface area contributed by atoms with Gasteiger partial charge >= 0.3 is 0 Å². The van der Waals surface area contributed by atoms with Crippen molar-refractivity contribution in [2.75, 3.05) is 37.7 Å². The molecule has 0 aromatic rings. The molecule has 2 atom stereocenters. The molecule has 3 saturated heterocycles. The number of rotatable bonds is 2. The monoisotopic (exact) mass is 301 g/mol. The largest absolute Gasteiger partial charge is 0.328 e. The molecular weight excluding hydrogens is 274 g/mol. The van der Waals surface area contributed by atoms with Gasteiger partial charge in [-0.3, -0.25) is 9.80 Å². The number of hydrogen-bond donors (Lipinski definition) is 1. The van der Waals surface area contributed by atoms with Crippen LogP contribution in [-0.2, 0) is 9.84 Å². The van der Waals surface area contributed by atoms with Crippen LogP contribution in [0.5, 0.6) is 0 Å². The van der Waals surface area contributed by atoms with Crippen molar-refractivity contribution in [3.8, 4) is 0 Å². The minimum atomic E-state index is -2.79. The molecule has 2 unspecified atom stereocenters. The van der Waals surface area contributed by atoms with Crippen molar-refractivity contribution < 1.29 is 8.42 Å². The molecule has 0 spiro atoms. The molecule has 3 fully saturated rings. The first-order valence-corrected chi connectivity index (χ1v) is 9.80. The molecular formula is C14H27N3O2S. The summed E-state index contributed by atoms with van der Waals surface area (Å²) < 4.78 is 23.6. The first kappa shape index (κ1) is 14.8. The van der Waals surface area contributed by atoms with E-state index in [1.54, 1.807) is 0 Å². The zero-order valence-corrected chi connectivity index (χ0v) is 13.0. The second kappa shape index (κ2) is 5.91. The van der Waals surface area contributed by atoms with E-state index in [1.165, 1.54) is 6.42 Å². The summed E-state index contributed by atoms with van der Waals surface area (Å²) in [5.41, 5.74) is 5.97. The van der Waals surface area contributed by atoms with E-state index >= 15 is 0 Å². The summed E-state index contributed by atoms with van der Waals surface area (Å²) in [5.74, 6) is 0.773. The summed E-state index contributed by atoms with van der Waals surface area (Å²) in [6.45, 7) is 4.34. The van der Waals surface area contributed by atoms with E-state index in [2.05, 4.69) is 9.80 Å². The van der Waals surface area contributed by atoms with Gasteiger partial charge in [0.15, 0.2) is 9.84 Å². The van der Waals surface area contributed by atoms with E-state index in [0.29, 0.717) is 23.6 Å². The minimum absolute atomic E-state index is 0.269. The third-order valence-electron chi connectivity index (χ3n) is 5.24. The molecule has 3 rings (SSSR count). The van der Waals surface area contributed by atoms with Crippen LogP contribution in [0.3, 0.4) is 0 Å². The fourth-order valence-corrected chi connectivity index (χ4v) is 5.71. The van der Waals surface area contributed by atoms with E-state index < -0.39 is 9.84 Å². The van der Waals surface area contributed by atoms with Crippen LogP contribution in [0.25, 0.3) is 0 Å². The predicted octanol–water partition coefficient (Wildman–Crippen LogP) is 0.0610. The highest BCUT2D eigenvalue weighted by atomic mass is 32.2. The van der Waals surface area contributed by atoms with Crippen molar-refractivity contribution >= 4 is 9.84 Å². The Labute approximate surface area is 122 Å². The number of likely N-dealkylation sites (tertiary alicyclic amines) is 2. The van der Waals surface area contributed by atoms with Gasteiger partial charge < -0.3 is 5.73 Å². The maximum absolute atomic E-state index is 11.8. The van der Waals surface area contributed by atoms with Crippen LogP contribution in [-0.4, -0.2) is 74.0 Å². The predicted molar refractivity (Wildman–Crippen MR) is 80.4 cm³/mol. The lowest BCUT2D eigenvalue weighted by atomic mass is 10.0. The van der Waals surface area contributed by atoms with Gasteiger partial charge in [0, 0.05) is 31.2 Å². The van der Waals surface area contributed by atoms with Gasteiger partial charge in [-0.25, -0.2) is 8.42 Å². The Morgan fingerprint density at radius 2 is 1.60 bits per heavy atom. The fourth-order valence-electron chi connectivity index (χ4n) is 3.97. The molecule has 3 aliphatic heterocycles. The van der Waals surface area contributed by atoms with E-state index in [4.69, 9.17) is 5.73 Å². The Morgan fingerprint density at radius 3 is 2.30 bits per heavy atom. The van der Waals surface area contributed by atoms with Crippen LogP contribution in [0.1, 0.15) is 32.1 Å². The number of piperidine rings is 1. The Morgan fingerprint density at radius 1 is 0.900 bits per heavy atom. The third kappa shape index (κ3) is 3.35. The number of sulfone groups is 1. The van der Waals surface area contributed by atoms with Crippen LogP contribution in [0.2, 0.25) is 0 Å². The third-order valence-corrected chi connectivity index (χ3v) is 7.04. The Hall–Kier alpha value is -0.170. The molecule has 116 valence electrons. The second-order valence-corrected chi connectivity index (χ2v) is 8.95. The summed E-state index contributed by atoms with van der Waals surface area (Å²) in [4.78, 5) is 5.00. The Balaban J connectivity index is 1.54. The molecule has 0 aliphatic carbocycles. The molecule has 0 aromatic heterocycles. The van der Waals surface area contributed by atoms with Crippen molar-refractivity contribution in [1.82, 2.24) is 9.80 Å². The molecule has 0 saturated carbocycles. The molecule has 3 aliphatic rings. The van der Waals surface area contributed by atoms with E-state index in [9.17, 15) is 8.42 Å². The lowest BCUT2D eigenvalue weighted by Gasteiger charge is -2.36.